The quantitative estimate of drug-likeness (QED) is 0.870. The predicted octanol–water partition coefficient (Wildman–Crippen LogP) is 3.31. The van der Waals surface area contributed by atoms with Crippen molar-refractivity contribution in [2.45, 2.75) is 19.3 Å². The molecule has 5 nitrogen and oxygen atoms in total. The monoisotopic (exact) mass is 358 g/mol. The van der Waals surface area contributed by atoms with E-state index in [0.717, 1.165) is 12.8 Å². The molecule has 1 aromatic carbocycles. The van der Waals surface area contributed by atoms with Crippen LogP contribution in [0.5, 0.6) is 0 Å². The number of urea groups is 1. The second-order valence-corrected chi connectivity index (χ2v) is 6.02. The topological polar surface area (TPSA) is 69.6 Å². The van der Waals surface area contributed by atoms with Crippen LogP contribution in [0.25, 0.3) is 0 Å². The van der Waals surface area contributed by atoms with Gasteiger partial charge in [-0.2, -0.15) is 0 Å². The molecule has 2 amide bonds. The molecule has 0 bridgehead atoms. The predicted molar refractivity (Wildman–Crippen MR) is 79.7 cm³/mol. The summed E-state index contributed by atoms with van der Waals surface area (Å²) >= 11 is 3.15. The molecule has 1 saturated heterocycles. The highest BCUT2D eigenvalue weighted by Crippen LogP contribution is 2.22. The second kappa shape index (κ2) is 6.89. The number of aliphatic carboxylic acids is 1. The molecule has 0 aromatic heterocycles. The zero-order chi connectivity index (χ0) is 15.4. The van der Waals surface area contributed by atoms with Gasteiger partial charge in [0.2, 0.25) is 0 Å². The van der Waals surface area contributed by atoms with Crippen molar-refractivity contribution in [2.75, 3.05) is 18.4 Å². The minimum Gasteiger partial charge on any atom is -0.481 e. The van der Waals surface area contributed by atoms with Crippen molar-refractivity contribution in [3.63, 3.8) is 0 Å². The normalized spacial score (nSPS) is 18.4. The maximum absolute atomic E-state index is 13.7. The Balaban J connectivity index is 1.97. The van der Waals surface area contributed by atoms with Crippen molar-refractivity contribution in [3.05, 3.63) is 28.5 Å². The number of nitrogens with zero attached hydrogens (tertiary/aromatic N) is 1. The number of rotatable bonds is 3. The number of amides is 2. The summed E-state index contributed by atoms with van der Waals surface area (Å²) in [6, 6.07) is 4.00. The summed E-state index contributed by atoms with van der Waals surface area (Å²) in [5, 5.41) is 11.3. The summed E-state index contributed by atoms with van der Waals surface area (Å²) in [7, 11) is 0. The minimum atomic E-state index is -0.860. The smallest absolute Gasteiger partial charge is 0.321 e. The number of nitrogens with one attached hydrogen (secondary N) is 1. The highest BCUT2D eigenvalue weighted by molar-refractivity contribution is 9.10. The van der Waals surface area contributed by atoms with E-state index in [1.807, 2.05) is 0 Å². The largest absolute Gasteiger partial charge is 0.481 e. The SMILES string of the molecule is O=C(O)CC1CCCN(C(=O)Nc2ccc(Br)cc2F)C1. The summed E-state index contributed by atoms with van der Waals surface area (Å²) in [4.78, 5) is 24.4. The van der Waals surface area contributed by atoms with Crippen LogP contribution in [-0.2, 0) is 4.79 Å². The van der Waals surface area contributed by atoms with Crippen molar-refractivity contribution in [3.8, 4) is 0 Å². The third-order valence-electron chi connectivity index (χ3n) is 3.44. The molecule has 7 heteroatoms. The lowest BCUT2D eigenvalue weighted by molar-refractivity contribution is -0.138. The summed E-state index contributed by atoms with van der Waals surface area (Å²) in [6.07, 6.45) is 1.60. The molecule has 2 N–H and O–H groups in total. The highest BCUT2D eigenvalue weighted by Gasteiger charge is 2.25. The van der Waals surface area contributed by atoms with Gasteiger partial charge >= 0.3 is 12.0 Å². The lowest BCUT2D eigenvalue weighted by atomic mass is 9.95. The fraction of sp³-hybridized carbons (Fsp3) is 0.429. The van der Waals surface area contributed by atoms with Gasteiger partial charge in [0, 0.05) is 24.0 Å². The fourth-order valence-electron chi connectivity index (χ4n) is 2.45. The number of carbonyl (C=O) groups excluding carboxylic acids is 1. The van der Waals surface area contributed by atoms with Crippen LogP contribution in [0.1, 0.15) is 19.3 Å². The first-order valence-electron chi connectivity index (χ1n) is 6.68. The Labute approximate surface area is 130 Å². The molecule has 114 valence electrons. The highest BCUT2D eigenvalue weighted by atomic mass is 79.9. The number of carboxylic acids is 1. The van der Waals surface area contributed by atoms with E-state index in [1.165, 1.54) is 12.1 Å². The summed E-state index contributed by atoms with van der Waals surface area (Å²) < 4.78 is 14.3. The second-order valence-electron chi connectivity index (χ2n) is 5.11. The average molecular weight is 359 g/mol. The zero-order valence-corrected chi connectivity index (χ0v) is 12.9. The van der Waals surface area contributed by atoms with Crippen LogP contribution in [0.15, 0.2) is 22.7 Å². The number of likely N-dealkylation sites (tertiary alicyclic amines) is 1. The van der Waals surface area contributed by atoms with Crippen LogP contribution in [0.3, 0.4) is 0 Å². The number of halogens is 2. The maximum Gasteiger partial charge on any atom is 0.321 e. The molecule has 2 rings (SSSR count). The van der Waals surface area contributed by atoms with Gasteiger partial charge in [-0.15, -0.1) is 0 Å². The molecule has 1 aliphatic rings. The molecule has 1 unspecified atom stereocenters. The fourth-order valence-corrected chi connectivity index (χ4v) is 2.78. The van der Waals surface area contributed by atoms with Gasteiger partial charge < -0.3 is 15.3 Å². The Hall–Kier alpha value is -1.63. The van der Waals surface area contributed by atoms with Crippen LogP contribution in [0.2, 0.25) is 0 Å². The van der Waals surface area contributed by atoms with Crippen LogP contribution >= 0.6 is 15.9 Å². The van der Waals surface area contributed by atoms with E-state index in [-0.39, 0.29) is 18.0 Å². The summed E-state index contributed by atoms with van der Waals surface area (Å²) in [5.41, 5.74) is 0.114. The van der Waals surface area contributed by atoms with Crippen molar-refractivity contribution in [2.24, 2.45) is 5.92 Å². The van der Waals surface area contributed by atoms with Gasteiger partial charge in [0.1, 0.15) is 5.82 Å². The standard InChI is InChI=1S/C14H16BrFN2O3/c15-10-3-4-12(11(16)7-10)17-14(21)18-5-1-2-9(8-18)6-13(19)20/h3-4,7,9H,1-2,5-6,8H2,(H,17,21)(H,19,20). The molecule has 1 aliphatic heterocycles. The van der Waals surface area contributed by atoms with E-state index in [0.29, 0.717) is 17.6 Å². The van der Waals surface area contributed by atoms with Crippen LogP contribution in [0, 0.1) is 11.7 Å². The minimum absolute atomic E-state index is 0.0447. The Kier molecular flexibility index (Phi) is 5.17. The number of anilines is 1. The molecule has 1 fully saturated rings. The summed E-state index contributed by atoms with van der Waals surface area (Å²) in [6.45, 7) is 0.941. The lowest BCUT2D eigenvalue weighted by Crippen LogP contribution is -2.42. The van der Waals surface area contributed by atoms with Gasteiger partial charge in [0.25, 0.3) is 0 Å². The first kappa shape index (κ1) is 15.8. The van der Waals surface area contributed by atoms with Gasteiger partial charge in [-0.25, -0.2) is 9.18 Å². The molecule has 21 heavy (non-hydrogen) atoms. The van der Waals surface area contributed by atoms with E-state index in [1.54, 1.807) is 11.0 Å². The number of piperidine rings is 1. The van der Waals surface area contributed by atoms with Crippen LogP contribution in [-0.4, -0.2) is 35.1 Å². The molecule has 0 spiro atoms. The first-order chi connectivity index (χ1) is 9.95. The molecule has 1 aromatic rings. The Morgan fingerprint density at radius 3 is 2.90 bits per heavy atom. The Bertz CT molecular complexity index is 553. The Morgan fingerprint density at radius 1 is 1.48 bits per heavy atom. The van der Waals surface area contributed by atoms with E-state index >= 15 is 0 Å². The number of benzene rings is 1. The maximum atomic E-state index is 13.7. The van der Waals surface area contributed by atoms with Crippen molar-refractivity contribution in [1.29, 1.82) is 0 Å². The van der Waals surface area contributed by atoms with E-state index < -0.39 is 17.8 Å². The van der Waals surface area contributed by atoms with Crippen molar-refractivity contribution < 1.29 is 19.1 Å². The van der Waals surface area contributed by atoms with Gasteiger partial charge in [-0.3, -0.25) is 4.79 Å². The third kappa shape index (κ3) is 4.42. The van der Waals surface area contributed by atoms with E-state index in [9.17, 15) is 14.0 Å². The Morgan fingerprint density at radius 2 is 2.24 bits per heavy atom. The van der Waals surface area contributed by atoms with Gasteiger partial charge in [0.15, 0.2) is 0 Å². The lowest BCUT2D eigenvalue weighted by Gasteiger charge is -2.32. The molecule has 0 saturated carbocycles. The van der Waals surface area contributed by atoms with Gasteiger partial charge in [-0.1, -0.05) is 15.9 Å². The van der Waals surface area contributed by atoms with Gasteiger partial charge in [-0.05, 0) is 37.0 Å². The number of carboxylic acid groups (broad SMARTS) is 1. The first-order valence-corrected chi connectivity index (χ1v) is 7.48. The van der Waals surface area contributed by atoms with Crippen molar-refractivity contribution in [1.82, 2.24) is 4.90 Å². The number of hydrogen-bond donors (Lipinski definition) is 2. The molecular weight excluding hydrogens is 343 g/mol. The van der Waals surface area contributed by atoms with E-state index in [2.05, 4.69) is 21.2 Å². The molecule has 1 heterocycles. The summed E-state index contributed by atoms with van der Waals surface area (Å²) in [5.74, 6) is -1.42. The number of carbonyl (C=O) groups is 2. The van der Waals surface area contributed by atoms with Crippen LogP contribution in [0.4, 0.5) is 14.9 Å². The van der Waals surface area contributed by atoms with E-state index in [4.69, 9.17) is 5.11 Å². The number of hydrogen-bond acceptors (Lipinski definition) is 2. The van der Waals surface area contributed by atoms with Crippen LogP contribution < -0.4 is 5.32 Å². The average Bonchev–Trinajstić information content (AvgIpc) is 2.41. The molecular formula is C14H16BrFN2O3. The third-order valence-corrected chi connectivity index (χ3v) is 3.94. The molecule has 1 atom stereocenters. The molecule has 0 radical (unpaired) electrons. The molecule has 0 aliphatic carbocycles. The van der Waals surface area contributed by atoms with Gasteiger partial charge in [0.05, 0.1) is 5.69 Å². The van der Waals surface area contributed by atoms with Crippen molar-refractivity contribution >= 4 is 33.6 Å². The zero-order valence-electron chi connectivity index (χ0n) is 11.3.